The van der Waals surface area contributed by atoms with Crippen molar-refractivity contribution in [2.45, 2.75) is 277 Å². The van der Waals surface area contributed by atoms with Crippen molar-refractivity contribution in [1.29, 1.82) is 0 Å². The highest BCUT2D eigenvalue weighted by atomic mass is 16.6. The smallest absolute Gasteiger partial charge is 0.306 e. The predicted octanol–water partition coefficient (Wildman–Crippen LogP) is 21.4. The van der Waals surface area contributed by atoms with Crippen molar-refractivity contribution in [2.24, 2.45) is 0 Å². The summed E-state index contributed by atoms with van der Waals surface area (Å²) in [5.41, 5.74) is 0. The molecule has 0 fully saturated rings. The fourth-order valence-corrected chi connectivity index (χ4v) is 8.19. The Labute approximate surface area is 468 Å². The van der Waals surface area contributed by atoms with Crippen LogP contribution in [-0.4, -0.2) is 37.2 Å². The zero-order chi connectivity index (χ0) is 55.0. The van der Waals surface area contributed by atoms with Crippen molar-refractivity contribution in [3.63, 3.8) is 0 Å². The lowest BCUT2D eigenvalue weighted by Gasteiger charge is -2.18. The molecule has 6 nitrogen and oxygen atoms in total. The highest BCUT2D eigenvalue weighted by Crippen LogP contribution is 2.14. The molecular weight excluding hydrogens is 937 g/mol. The van der Waals surface area contributed by atoms with Crippen molar-refractivity contribution < 1.29 is 28.6 Å². The van der Waals surface area contributed by atoms with Gasteiger partial charge in [-0.15, -0.1) is 0 Å². The van der Waals surface area contributed by atoms with Crippen LogP contribution in [0.25, 0.3) is 0 Å². The molecule has 0 aliphatic rings. The standard InChI is InChI=1S/C70H114O6/c1-4-7-10-13-16-19-22-25-28-31-33-34-35-36-38-39-42-45-48-51-54-57-60-63-69(72)75-66-67(65-74-68(71)62-59-56-53-50-47-44-41-30-27-24-21-18-15-12-9-6-3)76-70(73)64-61-58-55-52-49-46-43-40-37-32-29-26-23-20-17-14-11-8-5-2/h7,10,16-17,19-21,24-26,28-30,33-34,36-38,40-42,45,67H,4-6,8-9,11-15,18,22-23,27,31-32,35,39,43-44,46-66H2,1-3H3/b10-7-,19-16-,20-17-,24-21-,28-25-,29-26-,34-33-,38-36-,40-37-,41-30-,45-42-. The lowest BCUT2D eigenvalue weighted by Crippen LogP contribution is -2.30. The second-order valence-electron chi connectivity index (χ2n) is 20.2. The molecule has 0 aromatic heterocycles. The Kier molecular flexibility index (Phi) is 59.4. The van der Waals surface area contributed by atoms with Gasteiger partial charge in [0.25, 0.3) is 0 Å². The van der Waals surface area contributed by atoms with E-state index in [9.17, 15) is 14.4 Å². The van der Waals surface area contributed by atoms with E-state index in [1.165, 1.54) is 70.6 Å². The van der Waals surface area contributed by atoms with Crippen molar-refractivity contribution in [2.75, 3.05) is 13.2 Å². The van der Waals surface area contributed by atoms with Gasteiger partial charge in [-0.25, -0.2) is 0 Å². The van der Waals surface area contributed by atoms with Gasteiger partial charge in [-0.2, -0.15) is 0 Å². The van der Waals surface area contributed by atoms with Crippen LogP contribution in [0.2, 0.25) is 0 Å². The summed E-state index contributed by atoms with van der Waals surface area (Å²) in [5.74, 6) is -0.953. The Bertz CT molecular complexity index is 1630. The molecule has 430 valence electrons. The highest BCUT2D eigenvalue weighted by molar-refractivity contribution is 5.71. The number of ether oxygens (including phenoxy) is 3. The minimum atomic E-state index is -0.808. The SMILES string of the molecule is CC/C=C\C/C=C\C/C=C\C/C=C\C/C=C\C/C=C\CCCCCCC(=O)OCC(COC(=O)CCCCCCC/C=C\C/C=C\CCCCCC)OC(=O)CCCCCCCC/C=C\C/C=C\C/C=C\CCCCC. The van der Waals surface area contributed by atoms with Gasteiger partial charge in [0.15, 0.2) is 6.10 Å². The van der Waals surface area contributed by atoms with Crippen LogP contribution >= 0.6 is 0 Å². The zero-order valence-electron chi connectivity index (χ0n) is 49.2. The minimum absolute atomic E-state index is 0.103. The number of hydrogen-bond acceptors (Lipinski definition) is 6. The number of rotatable bonds is 55. The van der Waals surface area contributed by atoms with Crippen LogP contribution in [0.5, 0.6) is 0 Å². The van der Waals surface area contributed by atoms with E-state index in [-0.39, 0.29) is 31.1 Å². The number of esters is 3. The van der Waals surface area contributed by atoms with E-state index in [4.69, 9.17) is 14.2 Å². The lowest BCUT2D eigenvalue weighted by atomic mass is 10.1. The minimum Gasteiger partial charge on any atom is -0.462 e. The number of hydrogen-bond donors (Lipinski definition) is 0. The average molecular weight is 1050 g/mol. The van der Waals surface area contributed by atoms with E-state index in [0.717, 1.165) is 161 Å². The van der Waals surface area contributed by atoms with Gasteiger partial charge in [-0.05, 0) is 141 Å². The van der Waals surface area contributed by atoms with Crippen molar-refractivity contribution >= 4 is 17.9 Å². The van der Waals surface area contributed by atoms with Crippen LogP contribution in [0.4, 0.5) is 0 Å². The third-order valence-corrected chi connectivity index (χ3v) is 12.9. The number of unbranched alkanes of at least 4 members (excludes halogenated alkanes) is 22. The number of carbonyl (C=O) groups excluding carboxylic acids is 3. The first kappa shape index (κ1) is 71.5. The summed E-state index contributed by atoms with van der Waals surface area (Å²) in [5, 5.41) is 0. The monoisotopic (exact) mass is 1050 g/mol. The molecule has 0 aromatic carbocycles. The molecule has 0 saturated heterocycles. The number of allylic oxidation sites excluding steroid dienone is 22. The third kappa shape index (κ3) is 60.4. The maximum absolute atomic E-state index is 12.9. The van der Waals surface area contributed by atoms with Crippen LogP contribution in [0, 0.1) is 0 Å². The van der Waals surface area contributed by atoms with Crippen LogP contribution in [0.3, 0.4) is 0 Å². The van der Waals surface area contributed by atoms with E-state index in [0.29, 0.717) is 19.3 Å². The Morgan fingerprint density at radius 2 is 0.513 bits per heavy atom. The van der Waals surface area contributed by atoms with E-state index in [1.54, 1.807) is 0 Å². The lowest BCUT2D eigenvalue weighted by molar-refractivity contribution is -0.167. The summed E-state index contributed by atoms with van der Waals surface area (Å²) >= 11 is 0. The van der Waals surface area contributed by atoms with E-state index in [2.05, 4.69) is 154 Å². The van der Waals surface area contributed by atoms with Gasteiger partial charge in [-0.3, -0.25) is 14.4 Å². The molecule has 76 heavy (non-hydrogen) atoms. The maximum atomic E-state index is 12.9. The molecule has 0 aliphatic heterocycles. The number of carbonyl (C=O) groups is 3. The molecule has 6 heteroatoms. The molecular formula is C70H114O6. The second-order valence-corrected chi connectivity index (χ2v) is 20.2. The fraction of sp³-hybridized carbons (Fsp3) is 0.643. The van der Waals surface area contributed by atoms with Crippen molar-refractivity contribution in [3.05, 3.63) is 134 Å². The Morgan fingerprint density at radius 3 is 0.829 bits per heavy atom. The topological polar surface area (TPSA) is 78.9 Å². The Morgan fingerprint density at radius 1 is 0.276 bits per heavy atom. The molecule has 1 unspecified atom stereocenters. The highest BCUT2D eigenvalue weighted by Gasteiger charge is 2.19. The Hall–Kier alpha value is -4.45. The molecule has 0 aliphatic carbocycles. The zero-order valence-corrected chi connectivity index (χ0v) is 49.2. The Balaban J connectivity index is 4.50. The first-order valence-electron chi connectivity index (χ1n) is 31.2. The molecule has 0 saturated carbocycles. The predicted molar refractivity (Wildman–Crippen MR) is 329 cm³/mol. The van der Waals surface area contributed by atoms with E-state index in [1.807, 2.05) is 0 Å². The van der Waals surface area contributed by atoms with Crippen molar-refractivity contribution in [3.8, 4) is 0 Å². The first-order chi connectivity index (χ1) is 37.5. The van der Waals surface area contributed by atoms with Gasteiger partial charge in [-0.1, -0.05) is 244 Å². The van der Waals surface area contributed by atoms with Gasteiger partial charge in [0.1, 0.15) is 13.2 Å². The van der Waals surface area contributed by atoms with Gasteiger partial charge in [0.2, 0.25) is 0 Å². The van der Waals surface area contributed by atoms with Crippen LogP contribution < -0.4 is 0 Å². The molecule has 0 heterocycles. The summed E-state index contributed by atoms with van der Waals surface area (Å²) in [6, 6.07) is 0. The molecule has 0 amide bonds. The van der Waals surface area contributed by atoms with Crippen LogP contribution in [0.1, 0.15) is 271 Å². The van der Waals surface area contributed by atoms with Gasteiger partial charge in [0, 0.05) is 19.3 Å². The third-order valence-electron chi connectivity index (χ3n) is 12.9. The summed E-state index contributed by atoms with van der Waals surface area (Å²) in [7, 11) is 0. The summed E-state index contributed by atoms with van der Waals surface area (Å²) in [6.45, 7) is 6.44. The average Bonchev–Trinajstić information content (AvgIpc) is 3.42. The fourth-order valence-electron chi connectivity index (χ4n) is 8.19. The molecule has 0 aromatic rings. The van der Waals surface area contributed by atoms with E-state index < -0.39 is 6.10 Å². The first-order valence-corrected chi connectivity index (χ1v) is 31.2. The quantitative estimate of drug-likeness (QED) is 0.0261. The molecule has 1 atom stereocenters. The maximum Gasteiger partial charge on any atom is 0.306 e. The normalized spacial score (nSPS) is 13.0. The summed E-state index contributed by atoms with van der Waals surface area (Å²) < 4.78 is 16.9. The van der Waals surface area contributed by atoms with Crippen LogP contribution in [-0.2, 0) is 28.6 Å². The van der Waals surface area contributed by atoms with Crippen LogP contribution in [0.15, 0.2) is 134 Å². The summed E-state index contributed by atoms with van der Waals surface area (Å²) in [6.07, 6.45) is 88.7. The van der Waals surface area contributed by atoms with Gasteiger partial charge in [0.05, 0.1) is 0 Å². The second kappa shape index (κ2) is 63.1. The largest absolute Gasteiger partial charge is 0.462 e. The molecule has 0 radical (unpaired) electrons. The molecule has 0 N–H and O–H groups in total. The van der Waals surface area contributed by atoms with Gasteiger partial charge < -0.3 is 14.2 Å². The van der Waals surface area contributed by atoms with Crippen molar-refractivity contribution in [1.82, 2.24) is 0 Å². The van der Waals surface area contributed by atoms with E-state index >= 15 is 0 Å². The molecule has 0 rings (SSSR count). The molecule has 0 bridgehead atoms. The summed E-state index contributed by atoms with van der Waals surface area (Å²) in [4.78, 5) is 38.3. The van der Waals surface area contributed by atoms with Gasteiger partial charge >= 0.3 is 17.9 Å². The molecule has 0 spiro atoms.